The van der Waals surface area contributed by atoms with E-state index < -0.39 is 70.3 Å². The number of aliphatic hydroxyl groups is 1. The van der Waals surface area contributed by atoms with Gasteiger partial charge in [-0.05, 0) is 86.8 Å². The first-order chi connectivity index (χ1) is 22.7. The number of alkyl halides is 7. The summed E-state index contributed by atoms with van der Waals surface area (Å²) in [7, 11) is -6.67. The number of carbonyl (C=O) groups is 1. The molecule has 0 spiro atoms. The van der Waals surface area contributed by atoms with Gasteiger partial charge in [0.25, 0.3) is 0 Å². The summed E-state index contributed by atoms with van der Waals surface area (Å²) in [4.78, 5) is 15.8. The molecule has 1 N–H and O–H groups in total. The Kier molecular flexibility index (Phi) is 11.8. The summed E-state index contributed by atoms with van der Waals surface area (Å²) in [5.41, 5.74) is -2.88. The maximum Gasteiger partial charge on any atom is 0.416 e. The molecule has 3 aromatic carbocycles. The van der Waals surface area contributed by atoms with E-state index in [1.807, 2.05) is 0 Å². The number of hydrogen-bond acceptors (Lipinski definition) is 6. The van der Waals surface area contributed by atoms with Crippen LogP contribution in [0.4, 0.5) is 30.7 Å². The van der Waals surface area contributed by atoms with Crippen LogP contribution in [-0.2, 0) is 30.5 Å². The Morgan fingerprint density at radius 2 is 1.24 bits per heavy atom. The molecule has 5 atom stereocenters. The summed E-state index contributed by atoms with van der Waals surface area (Å²) in [5, 5.41) is 3.72. The van der Waals surface area contributed by atoms with E-state index in [4.69, 9.17) is 4.74 Å². The number of rotatable bonds is 11. The van der Waals surface area contributed by atoms with Crippen LogP contribution in [0.2, 0.25) is 0 Å². The van der Waals surface area contributed by atoms with Gasteiger partial charge < -0.3 is 14.4 Å². The fourth-order valence-corrected chi connectivity index (χ4v) is 8.83. The smallest absolute Gasteiger partial charge is 0.416 e. The van der Waals surface area contributed by atoms with E-state index in [0.717, 1.165) is 0 Å². The molecule has 0 heterocycles. The van der Waals surface area contributed by atoms with E-state index in [-0.39, 0.29) is 35.6 Å². The first-order valence-corrected chi connectivity index (χ1v) is 18.0. The molecule has 0 radical (unpaired) electrons. The lowest BCUT2D eigenvalue weighted by Gasteiger charge is -2.34. The summed E-state index contributed by atoms with van der Waals surface area (Å²) >= 11 is 0. The highest BCUT2D eigenvalue weighted by atomic mass is 32.2. The van der Waals surface area contributed by atoms with Gasteiger partial charge in [-0.15, -0.1) is 0 Å². The number of hydrogen-bond donors (Lipinski definition) is 1. The monoisotopic (exact) mass is 736 g/mol. The van der Waals surface area contributed by atoms with Crippen LogP contribution in [0.25, 0.3) is 0 Å². The number of halogens is 7. The lowest BCUT2D eigenvalue weighted by atomic mass is 9.80. The van der Waals surface area contributed by atoms with E-state index in [2.05, 4.69) is 91.0 Å². The second kappa shape index (κ2) is 15.0. The summed E-state index contributed by atoms with van der Waals surface area (Å²) in [6.45, 7) is 0.661. The Balaban J connectivity index is 0.000000242. The van der Waals surface area contributed by atoms with Crippen LogP contribution >= 0.6 is 0 Å². The zero-order chi connectivity index (χ0) is 36.3. The van der Waals surface area contributed by atoms with Crippen LogP contribution in [-0.4, -0.2) is 53.1 Å². The molecule has 2 aliphatic carbocycles. The van der Waals surface area contributed by atoms with Crippen molar-refractivity contribution in [1.29, 1.82) is 0 Å². The topological polar surface area (TPSA) is 104 Å². The summed E-state index contributed by atoms with van der Waals surface area (Å²) in [6, 6.07) is 32.2. The highest BCUT2D eigenvalue weighted by molar-refractivity contribution is 7.97. The van der Waals surface area contributed by atoms with Crippen LogP contribution in [0.1, 0.15) is 45.4 Å². The van der Waals surface area contributed by atoms with Gasteiger partial charge in [-0.25, -0.2) is 8.42 Å². The number of fused-ring (bicyclic) bond motifs is 2. The standard InChI is InChI=1S/C18H15S.C16H21F7O6S/c1-4-10-16(11-5-1)19(17-12-6-2-7-13-17)18-14-8-3-9-15-18;1-13(25,15(19,20)21)7-10-5-9-4-8(10)6-11(9)29-12(24)2-3-14(17,18)16(22,23)30(26,27)28/h1-15H;8-11,25H,2-7H2,1H3,(H,26,27,28)/q+1;/p-1. The molecular formula is C34H35F7O6S2. The predicted molar refractivity (Wildman–Crippen MR) is 166 cm³/mol. The van der Waals surface area contributed by atoms with Gasteiger partial charge in [-0.3, -0.25) is 4.79 Å². The molecule has 5 unspecified atom stereocenters. The van der Waals surface area contributed by atoms with Crippen molar-refractivity contribution >= 4 is 27.0 Å². The normalized spacial score (nSPS) is 22.3. The van der Waals surface area contributed by atoms with Crippen LogP contribution in [0.5, 0.6) is 0 Å². The van der Waals surface area contributed by atoms with E-state index in [9.17, 15) is 53.6 Å². The Bertz CT molecular complexity index is 1550. The number of benzene rings is 3. The third-order valence-electron chi connectivity index (χ3n) is 8.81. The van der Waals surface area contributed by atoms with Crippen LogP contribution in [0, 0.1) is 17.8 Å². The molecule has 2 fully saturated rings. The lowest BCUT2D eigenvalue weighted by molar-refractivity contribution is -0.259. The lowest BCUT2D eigenvalue weighted by Crippen LogP contribution is -2.47. The Morgan fingerprint density at radius 3 is 1.61 bits per heavy atom. The number of carbonyl (C=O) groups excluding carboxylic acids is 1. The molecule has 0 amide bonds. The van der Waals surface area contributed by atoms with Gasteiger partial charge in [-0.2, -0.15) is 30.7 Å². The molecule has 49 heavy (non-hydrogen) atoms. The van der Waals surface area contributed by atoms with Crippen molar-refractivity contribution in [3.8, 4) is 0 Å². The SMILES string of the molecule is CC(O)(CC1CC2CC1CC2OC(=O)CCC(F)(F)C(F)(F)S(=O)(=O)[O-])C(F)(F)F.c1ccc([S+](c2ccccc2)c2ccccc2)cc1. The van der Waals surface area contributed by atoms with Gasteiger partial charge in [0, 0.05) is 6.42 Å². The van der Waals surface area contributed by atoms with Gasteiger partial charge in [-0.1, -0.05) is 54.6 Å². The van der Waals surface area contributed by atoms with Gasteiger partial charge in [0.2, 0.25) is 0 Å². The van der Waals surface area contributed by atoms with E-state index in [1.54, 1.807) is 0 Å². The third kappa shape index (κ3) is 9.16. The van der Waals surface area contributed by atoms with Crippen molar-refractivity contribution in [1.82, 2.24) is 0 Å². The van der Waals surface area contributed by atoms with Gasteiger partial charge in [0.05, 0.1) is 17.3 Å². The van der Waals surface area contributed by atoms with Crippen LogP contribution < -0.4 is 0 Å². The highest BCUT2D eigenvalue weighted by Gasteiger charge is 2.61. The zero-order valence-corrected chi connectivity index (χ0v) is 27.8. The molecule has 268 valence electrons. The first-order valence-electron chi connectivity index (χ1n) is 15.3. The molecule has 6 nitrogen and oxygen atoms in total. The second-order valence-corrected chi connectivity index (χ2v) is 15.9. The van der Waals surface area contributed by atoms with Gasteiger partial charge in [0.1, 0.15) is 6.10 Å². The van der Waals surface area contributed by atoms with E-state index in [0.29, 0.717) is 13.3 Å². The van der Waals surface area contributed by atoms with Crippen molar-refractivity contribution in [2.75, 3.05) is 0 Å². The predicted octanol–water partition coefficient (Wildman–Crippen LogP) is 7.98. The molecule has 2 bridgehead atoms. The second-order valence-electron chi connectivity index (χ2n) is 12.4. The van der Waals surface area contributed by atoms with Crippen molar-refractivity contribution in [3.05, 3.63) is 91.0 Å². The van der Waals surface area contributed by atoms with E-state index >= 15 is 0 Å². The fraction of sp³-hybridized carbons (Fsp3) is 0.441. The Hall–Kier alpha value is -3.14. The van der Waals surface area contributed by atoms with Crippen molar-refractivity contribution in [2.45, 2.75) is 89.2 Å². The fourth-order valence-electron chi connectivity index (χ4n) is 6.26. The maximum absolute atomic E-state index is 13.4. The highest BCUT2D eigenvalue weighted by Crippen LogP contribution is 2.53. The molecule has 3 aromatic rings. The third-order valence-corrected chi connectivity index (χ3v) is 12.0. The molecule has 0 aromatic heterocycles. The minimum absolute atomic E-state index is 0.0146. The van der Waals surface area contributed by atoms with Gasteiger partial charge in [0.15, 0.2) is 30.4 Å². The van der Waals surface area contributed by atoms with Gasteiger partial charge >= 0.3 is 23.3 Å². The average Bonchev–Trinajstić information content (AvgIpc) is 3.61. The average molecular weight is 737 g/mol. The summed E-state index contributed by atoms with van der Waals surface area (Å²) in [6.07, 6.45) is -8.62. The Morgan fingerprint density at radius 1 is 0.796 bits per heavy atom. The molecule has 5 rings (SSSR count). The first kappa shape index (κ1) is 38.7. The molecule has 0 saturated heterocycles. The molecule has 2 saturated carbocycles. The Labute approximate surface area is 282 Å². The van der Waals surface area contributed by atoms with Crippen LogP contribution in [0.3, 0.4) is 0 Å². The molecular weight excluding hydrogens is 701 g/mol. The maximum atomic E-state index is 13.4. The van der Waals surface area contributed by atoms with Crippen molar-refractivity contribution < 1.29 is 58.3 Å². The number of esters is 1. The van der Waals surface area contributed by atoms with Crippen LogP contribution in [0.15, 0.2) is 106 Å². The van der Waals surface area contributed by atoms with Crippen molar-refractivity contribution in [3.63, 3.8) is 0 Å². The number of ether oxygens (including phenoxy) is 1. The minimum Gasteiger partial charge on any atom is -0.743 e. The largest absolute Gasteiger partial charge is 0.743 e. The molecule has 15 heteroatoms. The summed E-state index contributed by atoms with van der Waals surface area (Å²) in [5.74, 6) is -7.73. The summed E-state index contributed by atoms with van der Waals surface area (Å²) < 4.78 is 127. The quantitative estimate of drug-likeness (QED) is 0.0927. The molecule has 2 aliphatic rings. The van der Waals surface area contributed by atoms with Crippen molar-refractivity contribution in [2.24, 2.45) is 17.8 Å². The van der Waals surface area contributed by atoms with E-state index in [1.165, 1.54) is 14.7 Å². The molecule has 0 aliphatic heterocycles. The zero-order valence-electron chi connectivity index (χ0n) is 26.2. The minimum atomic E-state index is -6.65.